The van der Waals surface area contributed by atoms with Gasteiger partial charge in [-0.1, -0.05) is 39.5 Å². The summed E-state index contributed by atoms with van der Waals surface area (Å²) in [6.45, 7) is 6.62. The van der Waals surface area contributed by atoms with Crippen molar-refractivity contribution < 1.29 is 0 Å². The quantitative estimate of drug-likeness (QED) is 0.632. The minimum Gasteiger partial charge on any atom is -0.311 e. The second-order valence-electron chi connectivity index (χ2n) is 4.86. The van der Waals surface area contributed by atoms with Crippen molar-refractivity contribution in [3.8, 4) is 0 Å². The van der Waals surface area contributed by atoms with Gasteiger partial charge in [-0.3, -0.25) is 5.10 Å². The fourth-order valence-electron chi connectivity index (χ4n) is 1.76. The Balaban J connectivity index is 1.82. The van der Waals surface area contributed by atoms with Crippen LogP contribution in [-0.4, -0.2) is 16.7 Å². The third-order valence-corrected chi connectivity index (χ3v) is 2.76. The highest BCUT2D eigenvalue weighted by molar-refractivity contribution is 4.96. The summed E-state index contributed by atoms with van der Waals surface area (Å²) < 4.78 is 0. The molecule has 0 unspecified atom stereocenters. The van der Waals surface area contributed by atoms with Crippen LogP contribution in [0.2, 0.25) is 0 Å². The van der Waals surface area contributed by atoms with E-state index in [1.165, 1.54) is 37.8 Å². The van der Waals surface area contributed by atoms with Crippen molar-refractivity contribution in [2.24, 2.45) is 5.92 Å². The number of hydrogen-bond donors (Lipinski definition) is 2. The van der Waals surface area contributed by atoms with Crippen LogP contribution in [0.4, 0.5) is 0 Å². The predicted molar refractivity (Wildman–Crippen MR) is 68.2 cm³/mol. The summed E-state index contributed by atoms with van der Waals surface area (Å²) in [4.78, 5) is 0. The van der Waals surface area contributed by atoms with Gasteiger partial charge in [-0.15, -0.1) is 0 Å². The molecule has 0 aliphatic rings. The van der Waals surface area contributed by atoms with Crippen molar-refractivity contribution in [3.05, 3.63) is 18.0 Å². The van der Waals surface area contributed by atoms with E-state index in [4.69, 9.17) is 0 Å². The topological polar surface area (TPSA) is 40.7 Å². The zero-order chi connectivity index (χ0) is 11.6. The fourth-order valence-corrected chi connectivity index (χ4v) is 1.76. The first-order chi connectivity index (χ1) is 7.79. The maximum absolute atomic E-state index is 3.91. The van der Waals surface area contributed by atoms with Gasteiger partial charge >= 0.3 is 0 Å². The highest BCUT2D eigenvalue weighted by Gasteiger charge is 1.95. The van der Waals surface area contributed by atoms with Crippen molar-refractivity contribution in [2.45, 2.75) is 52.5 Å². The second-order valence-corrected chi connectivity index (χ2v) is 4.86. The molecule has 92 valence electrons. The first-order valence-corrected chi connectivity index (χ1v) is 6.48. The van der Waals surface area contributed by atoms with Crippen LogP contribution in [0, 0.1) is 5.92 Å². The van der Waals surface area contributed by atoms with Crippen molar-refractivity contribution >= 4 is 0 Å². The Morgan fingerprint density at radius 3 is 2.75 bits per heavy atom. The Morgan fingerprint density at radius 2 is 2.06 bits per heavy atom. The maximum Gasteiger partial charge on any atom is 0.0490 e. The lowest BCUT2D eigenvalue weighted by atomic mass is 10.0. The predicted octanol–water partition coefficient (Wildman–Crippen LogP) is 3.11. The number of nitrogens with one attached hydrogen (secondary N) is 2. The van der Waals surface area contributed by atoms with Crippen molar-refractivity contribution in [3.63, 3.8) is 0 Å². The standard InChI is InChI=1S/C13H25N3/c1-12(2)7-5-3-4-6-9-14-11-13-8-10-15-16-13/h8,10,12,14H,3-7,9,11H2,1-2H3,(H,15,16). The number of unbranched alkanes of at least 4 members (excludes halogenated alkanes) is 3. The summed E-state index contributed by atoms with van der Waals surface area (Å²) in [6, 6.07) is 2.01. The third kappa shape index (κ3) is 6.62. The summed E-state index contributed by atoms with van der Waals surface area (Å²) in [5.74, 6) is 0.860. The monoisotopic (exact) mass is 223 g/mol. The number of rotatable bonds is 9. The molecular weight excluding hydrogens is 198 g/mol. The smallest absolute Gasteiger partial charge is 0.0490 e. The molecule has 0 bridgehead atoms. The van der Waals surface area contributed by atoms with Crippen LogP contribution in [0.15, 0.2) is 12.3 Å². The largest absolute Gasteiger partial charge is 0.311 e. The van der Waals surface area contributed by atoms with Gasteiger partial charge in [-0.05, 0) is 24.9 Å². The Labute approximate surface area is 99.0 Å². The maximum atomic E-state index is 3.91. The first-order valence-electron chi connectivity index (χ1n) is 6.48. The van der Waals surface area contributed by atoms with Crippen molar-refractivity contribution in [1.29, 1.82) is 0 Å². The highest BCUT2D eigenvalue weighted by atomic mass is 15.1. The lowest BCUT2D eigenvalue weighted by Gasteiger charge is -2.05. The van der Waals surface area contributed by atoms with Gasteiger partial charge in [0.05, 0.1) is 0 Å². The Morgan fingerprint density at radius 1 is 1.25 bits per heavy atom. The molecule has 0 aliphatic heterocycles. The van der Waals surface area contributed by atoms with Crippen LogP contribution in [-0.2, 0) is 6.54 Å². The Kier molecular flexibility index (Phi) is 6.90. The van der Waals surface area contributed by atoms with Crippen LogP contribution in [0.5, 0.6) is 0 Å². The minimum atomic E-state index is 0.860. The van der Waals surface area contributed by atoms with E-state index in [0.717, 1.165) is 19.0 Å². The van der Waals surface area contributed by atoms with Crippen LogP contribution < -0.4 is 5.32 Å². The molecule has 0 spiro atoms. The summed E-state index contributed by atoms with van der Waals surface area (Å²) in [6.07, 6.45) is 8.57. The molecule has 2 N–H and O–H groups in total. The molecule has 0 aliphatic carbocycles. The Hall–Kier alpha value is -0.830. The third-order valence-electron chi connectivity index (χ3n) is 2.76. The van der Waals surface area contributed by atoms with Gasteiger partial charge in [0.15, 0.2) is 0 Å². The molecule has 0 saturated carbocycles. The van der Waals surface area contributed by atoms with E-state index in [0.29, 0.717) is 0 Å². The summed E-state index contributed by atoms with van der Waals surface area (Å²) in [5.41, 5.74) is 1.17. The molecule has 1 rings (SSSR count). The normalized spacial score (nSPS) is 11.2. The van der Waals surface area contributed by atoms with Gasteiger partial charge in [-0.2, -0.15) is 5.10 Å². The molecule has 1 aromatic rings. The van der Waals surface area contributed by atoms with Gasteiger partial charge in [0, 0.05) is 18.4 Å². The Bertz CT molecular complexity index is 242. The van der Waals surface area contributed by atoms with E-state index < -0.39 is 0 Å². The molecule has 0 atom stereocenters. The average Bonchev–Trinajstić information content (AvgIpc) is 2.74. The zero-order valence-corrected chi connectivity index (χ0v) is 10.6. The summed E-state index contributed by atoms with van der Waals surface area (Å²) >= 11 is 0. The van der Waals surface area contributed by atoms with E-state index in [-0.39, 0.29) is 0 Å². The summed E-state index contributed by atoms with van der Waals surface area (Å²) in [5, 5.41) is 10.3. The molecule has 16 heavy (non-hydrogen) atoms. The number of aromatic amines is 1. The van der Waals surface area contributed by atoms with Gasteiger partial charge in [-0.25, -0.2) is 0 Å². The zero-order valence-electron chi connectivity index (χ0n) is 10.6. The molecular formula is C13H25N3. The number of nitrogens with zero attached hydrogens (tertiary/aromatic N) is 1. The number of H-pyrrole nitrogens is 1. The average molecular weight is 223 g/mol. The lowest BCUT2D eigenvalue weighted by Crippen LogP contribution is -2.14. The van der Waals surface area contributed by atoms with Gasteiger partial charge < -0.3 is 5.32 Å². The van der Waals surface area contributed by atoms with Crippen molar-refractivity contribution in [2.75, 3.05) is 6.54 Å². The molecule has 1 aromatic heterocycles. The first kappa shape index (κ1) is 13.2. The molecule has 0 aromatic carbocycles. The fraction of sp³-hybridized carbons (Fsp3) is 0.769. The van der Waals surface area contributed by atoms with E-state index >= 15 is 0 Å². The van der Waals surface area contributed by atoms with Gasteiger partial charge in [0.2, 0.25) is 0 Å². The molecule has 3 nitrogen and oxygen atoms in total. The van der Waals surface area contributed by atoms with Crippen molar-refractivity contribution in [1.82, 2.24) is 15.5 Å². The van der Waals surface area contributed by atoms with Crippen LogP contribution in [0.25, 0.3) is 0 Å². The van der Waals surface area contributed by atoms with E-state index in [9.17, 15) is 0 Å². The number of aromatic nitrogens is 2. The second kappa shape index (κ2) is 8.34. The minimum absolute atomic E-state index is 0.860. The molecule has 3 heteroatoms. The van der Waals surface area contributed by atoms with Gasteiger partial charge in [0.1, 0.15) is 0 Å². The van der Waals surface area contributed by atoms with Crippen LogP contribution >= 0.6 is 0 Å². The van der Waals surface area contributed by atoms with Crippen LogP contribution in [0.1, 0.15) is 51.6 Å². The lowest BCUT2D eigenvalue weighted by molar-refractivity contribution is 0.511. The molecule has 0 amide bonds. The van der Waals surface area contributed by atoms with E-state index in [1.807, 2.05) is 6.07 Å². The molecule has 1 heterocycles. The molecule has 0 fully saturated rings. The molecule has 0 saturated heterocycles. The van der Waals surface area contributed by atoms with E-state index in [1.54, 1.807) is 6.20 Å². The molecule has 0 radical (unpaired) electrons. The van der Waals surface area contributed by atoms with Crippen LogP contribution in [0.3, 0.4) is 0 Å². The number of hydrogen-bond acceptors (Lipinski definition) is 2. The summed E-state index contributed by atoms with van der Waals surface area (Å²) in [7, 11) is 0. The SMILES string of the molecule is CC(C)CCCCCCNCc1ccn[nH]1. The van der Waals surface area contributed by atoms with E-state index in [2.05, 4.69) is 29.4 Å². The highest BCUT2D eigenvalue weighted by Crippen LogP contribution is 2.08. The van der Waals surface area contributed by atoms with Gasteiger partial charge in [0.25, 0.3) is 0 Å².